The van der Waals surface area contributed by atoms with Gasteiger partial charge in [-0.05, 0) is 32.3 Å². The van der Waals surface area contributed by atoms with Crippen LogP contribution in [-0.2, 0) is 6.54 Å². The van der Waals surface area contributed by atoms with Gasteiger partial charge in [0.05, 0.1) is 0 Å². The molecule has 2 heteroatoms. The van der Waals surface area contributed by atoms with Gasteiger partial charge in [-0.3, -0.25) is 0 Å². The van der Waals surface area contributed by atoms with Crippen LogP contribution in [0.4, 0.5) is 0 Å². The number of unbranched alkanes of at least 4 members (excludes halogenated alkanes) is 4. The Morgan fingerprint density at radius 3 is 2.36 bits per heavy atom. The average molecular weight is 300 g/mol. The number of rotatable bonds is 9. The first-order chi connectivity index (χ1) is 10.7. The first-order valence-electron chi connectivity index (χ1n) is 8.97. The Morgan fingerprint density at radius 1 is 0.955 bits per heavy atom. The van der Waals surface area contributed by atoms with Crippen molar-refractivity contribution < 1.29 is 0 Å². The lowest BCUT2D eigenvalue weighted by Crippen LogP contribution is -2.41. The topological polar surface area (TPSA) is 6.48 Å². The van der Waals surface area contributed by atoms with E-state index in [1.54, 1.807) is 0 Å². The third-order valence-electron chi connectivity index (χ3n) is 4.53. The predicted octanol–water partition coefficient (Wildman–Crippen LogP) is 5.37. The molecule has 1 aliphatic rings. The van der Waals surface area contributed by atoms with Crippen molar-refractivity contribution in [3.8, 4) is 0 Å². The van der Waals surface area contributed by atoms with Gasteiger partial charge in [-0.15, -0.1) is 0 Å². The Morgan fingerprint density at radius 2 is 1.68 bits per heavy atom. The van der Waals surface area contributed by atoms with E-state index in [9.17, 15) is 0 Å². The molecule has 0 saturated heterocycles. The van der Waals surface area contributed by atoms with E-state index < -0.39 is 0 Å². The van der Waals surface area contributed by atoms with Crippen molar-refractivity contribution in [1.82, 2.24) is 9.80 Å². The summed E-state index contributed by atoms with van der Waals surface area (Å²) in [5, 5.41) is 0. The Kier molecular flexibility index (Phi) is 6.82. The zero-order valence-corrected chi connectivity index (χ0v) is 14.5. The van der Waals surface area contributed by atoms with Crippen LogP contribution in [0.3, 0.4) is 0 Å². The van der Waals surface area contributed by atoms with E-state index in [4.69, 9.17) is 0 Å². The fourth-order valence-electron chi connectivity index (χ4n) is 3.25. The number of hydrogen-bond donors (Lipinski definition) is 0. The quantitative estimate of drug-likeness (QED) is 0.566. The molecule has 0 radical (unpaired) electrons. The van der Waals surface area contributed by atoms with Crippen LogP contribution in [0, 0.1) is 0 Å². The van der Waals surface area contributed by atoms with E-state index in [1.807, 2.05) is 0 Å². The lowest BCUT2D eigenvalue weighted by atomic mass is 10.1. The summed E-state index contributed by atoms with van der Waals surface area (Å²) in [5.74, 6) is 0. The van der Waals surface area contributed by atoms with Gasteiger partial charge in [-0.25, -0.2) is 0 Å². The lowest BCUT2D eigenvalue weighted by molar-refractivity contribution is 0.110. The number of hydrogen-bond acceptors (Lipinski definition) is 2. The van der Waals surface area contributed by atoms with Crippen LogP contribution >= 0.6 is 0 Å². The molecule has 1 unspecified atom stereocenters. The summed E-state index contributed by atoms with van der Waals surface area (Å²) in [7, 11) is 0. The molecule has 1 heterocycles. The smallest absolute Gasteiger partial charge is 0.101 e. The third-order valence-corrected chi connectivity index (χ3v) is 4.53. The highest BCUT2D eigenvalue weighted by Gasteiger charge is 2.27. The minimum absolute atomic E-state index is 0.529. The molecule has 0 amide bonds. The van der Waals surface area contributed by atoms with E-state index in [0.29, 0.717) is 12.2 Å². The molecule has 122 valence electrons. The van der Waals surface area contributed by atoms with Gasteiger partial charge in [0, 0.05) is 25.0 Å². The minimum atomic E-state index is 0.529. The van der Waals surface area contributed by atoms with E-state index in [2.05, 4.69) is 73.3 Å². The van der Waals surface area contributed by atoms with Crippen molar-refractivity contribution in [2.24, 2.45) is 0 Å². The standard InChI is InChI=1S/C20H32N2/c1-4-5-6-7-11-14-20-21(15-16-22(20)18(2)3)17-19-12-9-8-10-13-19/h8-10,12-13,15-16,18,20H,4-7,11,14,17H2,1-3H3. The summed E-state index contributed by atoms with van der Waals surface area (Å²) >= 11 is 0. The maximum Gasteiger partial charge on any atom is 0.101 e. The van der Waals surface area contributed by atoms with Crippen LogP contribution in [-0.4, -0.2) is 22.0 Å². The summed E-state index contributed by atoms with van der Waals surface area (Å²) < 4.78 is 0. The van der Waals surface area contributed by atoms with Crippen LogP contribution in [0.5, 0.6) is 0 Å². The highest BCUT2D eigenvalue weighted by atomic mass is 15.4. The van der Waals surface area contributed by atoms with Crippen molar-refractivity contribution in [1.29, 1.82) is 0 Å². The van der Waals surface area contributed by atoms with Crippen molar-refractivity contribution in [3.05, 3.63) is 48.3 Å². The first kappa shape index (κ1) is 16.9. The maximum atomic E-state index is 2.52. The highest BCUT2D eigenvalue weighted by Crippen LogP contribution is 2.25. The Balaban J connectivity index is 1.91. The molecular formula is C20H32N2. The molecule has 0 aliphatic carbocycles. The van der Waals surface area contributed by atoms with Gasteiger partial charge in [0.15, 0.2) is 0 Å². The Labute approximate surface area is 136 Å². The van der Waals surface area contributed by atoms with Crippen LogP contribution < -0.4 is 0 Å². The first-order valence-corrected chi connectivity index (χ1v) is 8.97. The van der Waals surface area contributed by atoms with Gasteiger partial charge < -0.3 is 9.80 Å². The molecule has 2 nitrogen and oxygen atoms in total. The third kappa shape index (κ3) is 4.79. The minimum Gasteiger partial charge on any atom is -0.354 e. The van der Waals surface area contributed by atoms with E-state index in [0.717, 1.165) is 6.54 Å². The molecule has 1 aromatic carbocycles. The molecule has 1 aliphatic heterocycles. The van der Waals surface area contributed by atoms with E-state index in [1.165, 1.54) is 44.1 Å². The van der Waals surface area contributed by atoms with Crippen LogP contribution in [0.2, 0.25) is 0 Å². The second-order valence-electron chi connectivity index (χ2n) is 6.68. The van der Waals surface area contributed by atoms with Gasteiger partial charge >= 0.3 is 0 Å². The lowest BCUT2D eigenvalue weighted by Gasteiger charge is -2.35. The van der Waals surface area contributed by atoms with E-state index >= 15 is 0 Å². The average Bonchev–Trinajstić information content (AvgIpc) is 2.91. The van der Waals surface area contributed by atoms with Gasteiger partial charge in [0.2, 0.25) is 0 Å². The summed E-state index contributed by atoms with van der Waals surface area (Å²) in [5.41, 5.74) is 1.40. The molecule has 0 N–H and O–H groups in total. The van der Waals surface area contributed by atoms with Crippen molar-refractivity contribution in [3.63, 3.8) is 0 Å². The monoisotopic (exact) mass is 300 g/mol. The van der Waals surface area contributed by atoms with Gasteiger partial charge in [0.1, 0.15) is 6.17 Å². The molecular weight excluding hydrogens is 268 g/mol. The molecule has 0 spiro atoms. The molecule has 22 heavy (non-hydrogen) atoms. The fourth-order valence-corrected chi connectivity index (χ4v) is 3.25. The molecule has 0 bridgehead atoms. The number of nitrogens with zero attached hydrogens (tertiary/aromatic N) is 2. The van der Waals surface area contributed by atoms with Crippen LogP contribution in [0.25, 0.3) is 0 Å². The van der Waals surface area contributed by atoms with Crippen LogP contribution in [0.1, 0.15) is 64.9 Å². The summed E-state index contributed by atoms with van der Waals surface area (Å²) in [4.78, 5) is 5.03. The molecule has 1 aromatic rings. The van der Waals surface area contributed by atoms with Crippen molar-refractivity contribution >= 4 is 0 Å². The molecule has 1 atom stereocenters. The zero-order chi connectivity index (χ0) is 15.8. The zero-order valence-electron chi connectivity index (χ0n) is 14.5. The Bertz CT molecular complexity index is 438. The fraction of sp³-hybridized carbons (Fsp3) is 0.600. The SMILES string of the molecule is CCCCCCCC1N(Cc2ccccc2)C=CN1C(C)C. The van der Waals surface area contributed by atoms with Gasteiger partial charge in [0.25, 0.3) is 0 Å². The summed E-state index contributed by atoms with van der Waals surface area (Å²) in [6, 6.07) is 11.4. The number of benzene rings is 1. The second-order valence-corrected chi connectivity index (χ2v) is 6.68. The predicted molar refractivity (Wildman–Crippen MR) is 95.3 cm³/mol. The second kappa shape index (κ2) is 8.87. The maximum absolute atomic E-state index is 2.52. The molecule has 0 aromatic heterocycles. The van der Waals surface area contributed by atoms with Gasteiger partial charge in [-0.2, -0.15) is 0 Å². The van der Waals surface area contributed by atoms with Crippen molar-refractivity contribution in [2.45, 2.75) is 78.0 Å². The molecule has 2 rings (SSSR count). The van der Waals surface area contributed by atoms with Crippen LogP contribution in [0.15, 0.2) is 42.7 Å². The highest BCUT2D eigenvalue weighted by molar-refractivity contribution is 5.16. The van der Waals surface area contributed by atoms with E-state index in [-0.39, 0.29) is 0 Å². The molecule has 0 fully saturated rings. The van der Waals surface area contributed by atoms with Crippen molar-refractivity contribution in [2.75, 3.05) is 0 Å². The van der Waals surface area contributed by atoms with Gasteiger partial charge in [-0.1, -0.05) is 62.9 Å². The summed E-state index contributed by atoms with van der Waals surface area (Å²) in [6.07, 6.45) is 13.2. The summed E-state index contributed by atoms with van der Waals surface area (Å²) in [6.45, 7) is 7.88. The Hall–Kier alpha value is -1.44. The normalized spacial score (nSPS) is 17.7. The largest absolute Gasteiger partial charge is 0.354 e. The molecule has 0 saturated carbocycles.